The van der Waals surface area contributed by atoms with E-state index in [1.165, 1.54) is 0 Å². The summed E-state index contributed by atoms with van der Waals surface area (Å²) in [5.74, 6) is 0. The van der Waals surface area contributed by atoms with Crippen LogP contribution in [0.15, 0.2) is 35.5 Å². The average Bonchev–Trinajstić information content (AvgIpc) is 2.28. The van der Waals surface area contributed by atoms with Crippen molar-refractivity contribution in [2.75, 3.05) is 5.32 Å². The summed E-state index contributed by atoms with van der Waals surface area (Å²) in [6.07, 6.45) is 6.36. The van der Waals surface area contributed by atoms with Crippen molar-refractivity contribution in [1.29, 1.82) is 0 Å². The Morgan fingerprint density at radius 1 is 1.27 bits per heavy atom. The second-order valence-electron chi connectivity index (χ2n) is 2.27. The quantitative estimate of drug-likeness (QED) is 0.590. The van der Waals surface area contributed by atoms with Gasteiger partial charge in [0.25, 0.3) is 0 Å². The molecule has 0 bridgehead atoms. The van der Waals surface area contributed by atoms with Crippen molar-refractivity contribution in [1.82, 2.24) is 0 Å². The number of hydrogen-bond acceptors (Lipinski definition) is 2. The Hall–Kier alpha value is -1.57. The topological polar surface area (TPSA) is 24.4 Å². The molecular weight excluding hydrogens is 136 g/mol. The Morgan fingerprint density at radius 3 is 3.18 bits per heavy atom. The van der Waals surface area contributed by atoms with Crippen molar-refractivity contribution in [2.24, 2.45) is 4.99 Å². The standard InChI is InChI=1S/C9H7N2/c1-2-4-9-8(3-1)5-6-10-7-11-9/h1-6H,(H,10,11). The zero-order valence-corrected chi connectivity index (χ0v) is 5.91. The summed E-state index contributed by atoms with van der Waals surface area (Å²) < 4.78 is 0. The summed E-state index contributed by atoms with van der Waals surface area (Å²) in [6, 6.07) is 8.00. The van der Waals surface area contributed by atoms with Gasteiger partial charge in [0, 0.05) is 11.9 Å². The molecule has 0 saturated carbocycles. The normalized spacial score (nSPS) is 13.5. The van der Waals surface area contributed by atoms with Crippen molar-refractivity contribution < 1.29 is 0 Å². The summed E-state index contributed by atoms with van der Waals surface area (Å²) in [6.45, 7) is 0. The molecule has 1 N–H and O–H groups in total. The van der Waals surface area contributed by atoms with Gasteiger partial charge in [-0.05, 0) is 17.7 Å². The van der Waals surface area contributed by atoms with Crippen LogP contribution >= 0.6 is 0 Å². The molecule has 0 unspecified atom stereocenters. The second kappa shape index (κ2) is 2.58. The molecule has 0 spiro atoms. The van der Waals surface area contributed by atoms with Gasteiger partial charge in [-0.1, -0.05) is 18.2 Å². The molecule has 1 aliphatic rings. The van der Waals surface area contributed by atoms with E-state index in [1.54, 1.807) is 6.20 Å². The Bertz CT molecular complexity index is 313. The third-order valence-corrected chi connectivity index (χ3v) is 1.54. The highest BCUT2D eigenvalue weighted by Gasteiger charge is 1.96. The summed E-state index contributed by atoms with van der Waals surface area (Å²) in [4.78, 5) is 3.84. The van der Waals surface area contributed by atoms with Crippen LogP contribution in [0.3, 0.4) is 0 Å². The molecule has 0 amide bonds. The Morgan fingerprint density at radius 2 is 2.18 bits per heavy atom. The molecule has 1 aliphatic heterocycles. The van der Waals surface area contributed by atoms with Gasteiger partial charge in [-0.25, -0.2) is 4.99 Å². The maximum atomic E-state index is 3.84. The van der Waals surface area contributed by atoms with Gasteiger partial charge in [-0.2, -0.15) is 0 Å². The van der Waals surface area contributed by atoms with Gasteiger partial charge in [0.05, 0.1) is 0 Å². The van der Waals surface area contributed by atoms with E-state index in [0.717, 1.165) is 11.3 Å². The summed E-state index contributed by atoms with van der Waals surface area (Å²) in [7, 11) is 0. The molecule has 0 aromatic heterocycles. The predicted molar refractivity (Wildman–Crippen MR) is 46.5 cm³/mol. The SMILES string of the molecule is [C]1=NC=Cc2ccccc2N1. The lowest BCUT2D eigenvalue weighted by molar-refractivity contribution is 1.61. The molecule has 0 atom stereocenters. The summed E-state index contributed by atoms with van der Waals surface area (Å²) >= 11 is 0. The number of aliphatic imine (C=N–C) groups is 1. The third kappa shape index (κ3) is 1.15. The second-order valence-corrected chi connectivity index (χ2v) is 2.27. The molecule has 53 valence electrons. The van der Waals surface area contributed by atoms with Crippen LogP contribution in [0.4, 0.5) is 5.69 Å². The molecule has 11 heavy (non-hydrogen) atoms. The maximum Gasteiger partial charge on any atom is 0.173 e. The first-order valence-electron chi connectivity index (χ1n) is 3.43. The van der Waals surface area contributed by atoms with Crippen molar-refractivity contribution >= 4 is 18.1 Å². The highest BCUT2D eigenvalue weighted by molar-refractivity contribution is 5.83. The predicted octanol–water partition coefficient (Wildman–Crippen LogP) is 1.99. The molecule has 1 aromatic carbocycles. The van der Waals surface area contributed by atoms with Gasteiger partial charge in [-0.15, -0.1) is 0 Å². The lowest BCUT2D eigenvalue weighted by Crippen LogP contribution is -1.93. The van der Waals surface area contributed by atoms with Crippen LogP contribution in [-0.2, 0) is 0 Å². The van der Waals surface area contributed by atoms with Gasteiger partial charge in [-0.3, -0.25) is 0 Å². The number of benzene rings is 1. The van der Waals surface area contributed by atoms with Gasteiger partial charge in [0.1, 0.15) is 0 Å². The minimum Gasteiger partial charge on any atom is -0.337 e. The summed E-state index contributed by atoms with van der Waals surface area (Å²) in [5, 5.41) is 2.95. The highest BCUT2D eigenvalue weighted by atomic mass is 14.9. The van der Waals surface area contributed by atoms with E-state index in [-0.39, 0.29) is 0 Å². The monoisotopic (exact) mass is 143 g/mol. The van der Waals surface area contributed by atoms with Crippen LogP contribution in [0.25, 0.3) is 6.08 Å². The van der Waals surface area contributed by atoms with Crippen molar-refractivity contribution in [3.05, 3.63) is 36.0 Å². The van der Waals surface area contributed by atoms with Crippen LogP contribution in [0.2, 0.25) is 0 Å². The van der Waals surface area contributed by atoms with E-state index in [9.17, 15) is 0 Å². The molecule has 1 heterocycles. The fraction of sp³-hybridized carbons (Fsp3) is 0. The maximum absolute atomic E-state index is 3.84. The largest absolute Gasteiger partial charge is 0.337 e. The fourth-order valence-electron chi connectivity index (χ4n) is 1.00. The number of hydrogen-bond donors (Lipinski definition) is 1. The Balaban J connectivity index is 2.52. The number of rotatable bonds is 0. The Labute approximate surface area is 65.3 Å². The lowest BCUT2D eigenvalue weighted by Gasteiger charge is -2.00. The van der Waals surface area contributed by atoms with E-state index in [2.05, 4.69) is 16.6 Å². The third-order valence-electron chi connectivity index (χ3n) is 1.54. The average molecular weight is 143 g/mol. The van der Waals surface area contributed by atoms with Crippen LogP contribution in [0.5, 0.6) is 0 Å². The molecule has 1 radical (unpaired) electrons. The van der Waals surface area contributed by atoms with E-state index in [0.29, 0.717) is 0 Å². The molecular formula is C9H7N2. The van der Waals surface area contributed by atoms with E-state index in [1.807, 2.05) is 30.3 Å². The smallest absolute Gasteiger partial charge is 0.173 e. The minimum atomic E-state index is 1.05. The van der Waals surface area contributed by atoms with Crippen LogP contribution in [-0.4, -0.2) is 6.34 Å². The van der Waals surface area contributed by atoms with Gasteiger partial charge < -0.3 is 5.32 Å². The molecule has 1 aromatic rings. The molecule has 2 rings (SSSR count). The molecule has 2 nitrogen and oxygen atoms in total. The molecule has 0 saturated heterocycles. The Kier molecular flexibility index (Phi) is 1.44. The van der Waals surface area contributed by atoms with Gasteiger partial charge in [0.15, 0.2) is 6.34 Å². The van der Waals surface area contributed by atoms with E-state index < -0.39 is 0 Å². The zero-order chi connectivity index (χ0) is 7.52. The number of para-hydroxylation sites is 1. The first kappa shape index (κ1) is 6.16. The first-order chi connectivity index (χ1) is 5.47. The first-order valence-corrected chi connectivity index (χ1v) is 3.43. The number of nitrogens with zero attached hydrogens (tertiary/aromatic N) is 1. The van der Waals surface area contributed by atoms with Crippen molar-refractivity contribution in [2.45, 2.75) is 0 Å². The zero-order valence-electron chi connectivity index (χ0n) is 5.91. The summed E-state index contributed by atoms with van der Waals surface area (Å²) in [5.41, 5.74) is 2.19. The van der Waals surface area contributed by atoms with Crippen molar-refractivity contribution in [3.8, 4) is 0 Å². The number of fused-ring (bicyclic) bond motifs is 1. The van der Waals surface area contributed by atoms with Crippen LogP contribution in [0, 0.1) is 0 Å². The van der Waals surface area contributed by atoms with Gasteiger partial charge >= 0.3 is 0 Å². The molecule has 2 heteroatoms. The van der Waals surface area contributed by atoms with Crippen LogP contribution in [0.1, 0.15) is 5.56 Å². The number of nitrogens with one attached hydrogen (secondary N) is 1. The van der Waals surface area contributed by atoms with E-state index in [4.69, 9.17) is 0 Å². The lowest BCUT2D eigenvalue weighted by atomic mass is 10.2. The number of anilines is 1. The van der Waals surface area contributed by atoms with E-state index >= 15 is 0 Å². The van der Waals surface area contributed by atoms with Crippen molar-refractivity contribution in [3.63, 3.8) is 0 Å². The highest BCUT2D eigenvalue weighted by Crippen LogP contribution is 2.16. The van der Waals surface area contributed by atoms with Crippen LogP contribution < -0.4 is 5.32 Å². The molecule has 0 aliphatic carbocycles. The minimum absolute atomic E-state index is 1.05. The molecule has 0 fully saturated rings. The fourth-order valence-corrected chi connectivity index (χ4v) is 1.00. The van der Waals surface area contributed by atoms with Gasteiger partial charge in [0.2, 0.25) is 0 Å².